The Kier molecular flexibility index (Phi) is 8.62. The lowest BCUT2D eigenvalue weighted by atomic mass is 9.77. The van der Waals surface area contributed by atoms with Gasteiger partial charge in [-0.15, -0.1) is 0 Å². The van der Waals surface area contributed by atoms with Crippen molar-refractivity contribution < 1.29 is 19.4 Å². The maximum Gasteiger partial charge on any atom is 0.313 e. The van der Waals surface area contributed by atoms with E-state index in [1.165, 1.54) is 0 Å². The number of aryl methyl sites for hydroxylation is 1. The molecule has 0 radical (unpaired) electrons. The molecule has 0 aliphatic rings. The molecular formula is C20H31NO4. The predicted molar refractivity (Wildman–Crippen MR) is 98.7 cm³/mol. The third kappa shape index (κ3) is 6.86. The number of rotatable bonds is 12. The van der Waals surface area contributed by atoms with E-state index in [0.29, 0.717) is 19.4 Å². The van der Waals surface area contributed by atoms with Gasteiger partial charge in [0.05, 0.1) is 5.41 Å². The first-order valence-electron chi connectivity index (χ1n) is 8.84. The molecule has 0 fully saturated rings. The van der Waals surface area contributed by atoms with Gasteiger partial charge >= 0.3 is 5.97 Å². The molecule has 5 nitrogen and oxygen atoms in total. The molecule has 0 heterocycles. The summed E-state index contributed by atoms with van der Waals surface area (Å²) in [5, 5.41) is 9.73. The summed E-state index contributed by atoms with van der Waals surface area (Å²) in [5.41, 5.74) is 1.06. The second-order valence-electron chi connectivity index (χ2n) is 7.22. The second-order valence-corrected chi connectivity index (χ2v) is 7.22. The van der Waals surface area contributed by atoms with Crippen LogP contribution in [0, 0.1) is 6.92 Å². The number of benzene rings is 1. The van der Waals surface area contributed by atoms with Crippen LogP contribution in [0.5, 0.6) is 0 Å². The van der Waals surface area contributed by atoms with Crippen LogP contribution < -0.4 is 0 Å². The van der Waals surface area contributed by atoms with E-state index in [-0.39, 0.29) is 6.10 Å². The molecule has 25 heavy (non-hydrogen) atoms. The van der Waals surface area contributed by atoms with Crippen molar-refractivity contribution in [2.75, 3.05) is 20.6 Å². The number of ether oxygens (including phenoxy) is 1. The van der Waals surface area contributed by atoms with Crippen molar-refractivity contribution in [1.82, 2.24) is 4.90 Å². The monoisotopic (exact) mass is 349 g/mol. The van der Waals surface area contributed by atoms with Crippen LogP contribution in [0.1, 0.15) is 50.2 Å². The molecule has 0 amide bonds. The first-order valence-corrected chi connectivity index (χ1v) is 8.84. The Hall–Kier alpha value is -1.88. The number of nitrogens with zero attached hydrogens (tertiary/aromatic N) is 1. The average molecular weight is 349 g/mol. The van der Waals surface area contributed by atoms with Crippen molar-refractivity contribution >= 4 is 12.4 Å². The molecule has 0 aromatic heterocycles. The maximum atomic E-state index is 11.8. The van der Waals surface area contributed by atoms with Gasteiger partial charge in [0.15, 0.2) is 0 Å². The minimum atomic E-state index is -0.867. The minimum absolute atomic E-state index is 0.102. The summed E-state index contributed by atoms with van der Waals surface area (Å²) >= 11 is 0. The minimum Gasteiger partial charge on any atom is -0.481 e. The van der Waals surface area contributed by atoms with Crippen LogP contribution in [0.2, 0.25) is 0 Å². The van der Waals surface area contributed by atoms with Gasteiger partial charge in [0.2, 0.25) is 0 Å². The van der Waals surface area contributed by atoms with Gasteiger partial charge in [-0.05, 0) is 52.8 Å². The standard InChI is InChI=1S/C20H31NO4/c1-16-9-8-10-17(13-16)20(2,19(23)24)12-7-5-6-11-18(25-15-22)14-21(3)4/h8-10,13,15,18H,5-7,11-12,14H2,1-4H3,(H,23,24). The van der Waals surface area contributed by atoms with E-state index >= 15 is 0 Å². The molecule has 1 aromatic carbocycles. The van der Waals surface area contributed by atoms with Crippen molar-refractivity contribution in [2.24, 2.45) is 0 Å². The number of carbonyl (C=O) groups is 2. The summed E-state index contributed by atoms with van der Waals surface area (Å²) in [4.78, 5) is 24.4. The topological polar surface area (TPSA) is 66.8 Å². The van der Waals surface area contributed by atoms with Crippen LogP contribution in [0.15, 0.2) is 24.3 Å². The highest BCUT2D eigenvalue weighted by Gasteiger charge is 2.34. The average Bonchev–Trinajstić information content (AvgIpc) is 2.53. The number of hydrogen-bond acceptors (Lipinski definition) is 4. The zero-order chi connectivity index (χ0) is 18.9. The van der Waals surface area contributed by atoms with E-state index in [4.69, 9.17) is 4.74 Å². The number of carbonyl (C=O) groups excluding carboxylic acids is 1. The number of carboxylic acid groups (broad SMARTS) is 1. The molecule has 1 N–H and O–H groups in total. The van der Waals surface area contributed by atoms with Crippen LogP contribution in [-0.2, 0) is 19.7 Å². The summed E-state index contributed by atoms with van der Waals surface area (Å²) < 4.78 is 5.10. The molecule has 140 valence electrons. The Morgan fingerprint density at radius 1 is 1.32 bits per heavy atom. The van der Waals surface area contributed by atoms with E-state index in [2.05, 4.69) is 0 Å². The van der Waals surface area contributed by atoms with Gasteiger partial charge in [-0.2, -0.15) is 0 Å². The number of unbranched alkanes of at least 4 members (excludes halogenated alkanes) is 2. The first-order chi connectivity index (χ1) is 11.8. The molecule has 1 aromatic rings. The predicted octanol–water partition coefficient (Wildman–Crippen LogP) is 3.39. The van der Waals surface area contributed by atoms with E-state index in [1.807, 2.05) is 50.2 Å². The van der Waals surface area contributed by atoms with Gasteiger partial charge in [-0.25, -0.2) is 0 Å². The van der Waals surface area contributed by atoms with Crippen LogP contribution in [0.4, 0.5) is 0 Å². The Balaban J connectivity index is 2.53. The third-order valence-corrected chi connectivity index (χ3v) is 4.65. The molecule has 2 atom stereocenters. The SMILES string of the molecule is Cc1cccc(C(C)(CCCCCC(CN(C)C)OC=O)C(=O)O)c1. The highest BCUT2D eigenvalue weighted by molar-refractivity contribution is 5.80. The highest BCUT2D eigenvalue weighted by Crippen LogP contribution is 2.31. The number of likely N-dealkylation sites (N-methyl/N-ethyl adjacent to an activating group) is 1. The maximum absolute atomic E-state index is 11.8. The molecule has 0 saturated heterocycles. The molecule has 1 rings (SSSR count). The third-order valence-electron chi connectivity index (χ3n) is 4.65. The second kappa shape index (κ2) is 10.2. The highest BCUT2D eigenvalue weighted by atomic mass is 16.5. The Labute approximate surface area is 151 Å². The van der Waals surface area contributed by atoms with Gasteiger partial charge in [0, 0.05) is 6.54 Å². The van der Waals surface area contributed by atoms with Gasteiger partial charge in [-0.1, -0.05) is 42.7 Å². The van der Waals surface area contributed by atoms with Gasteiger partial charge in [0.1, 0.15) is 6.10 Å². The Morgan fingerprint density at radius 3 is 2.60 bits per heavy atom. The van der Waals surface area contributed by atoms with Crippen molar-refractivity contribution in [3.05, 3.63) is 35.4 Å². The molecule has 0 aliphatic carbocycles. The van der Waals surface area contributed by atoms with Gasteiger partial charge < -0.3 is 14.7 Å². The van der Waals surface area contributed by atoms with E-state index < -0.39 is 11.4 Å². The molecule has 0 spiro atoms. The molecule has 5 heteroatoms. The molecule has 0 aliphatic heterocycles. The van der Waals surface area contributed by atoms with Crippen molar-refractivity contribution in [3.63, 3.8) is 0 Å². The first kappa shape index (κ1) is 21.2. The Bertz CT molecular complexity index is 558. The summed E-state index contributed by atoms with van der Waals surface area (Å²) in [6.45, 7) is 4.99. The van der Waals surface area contributed by atoms with Crippen LogP contribution >= 0.6 is 0 Å². The van der Waals surface area contributed by atoms with Crippen LogP contribution in [-0.4, -0.2) is 49.2 Å². The molecule has 0 bridgehead atoms. The fraction of sp³-hybridized carbons (Fsp3) is 0.600. The van der Waals surface area contributed by atoms with Crippen molar-refractivity contribution in [1.29, 1.82) is 0 Å². The fourth-order valence-corrected chi connectivity index (χ4v) is 3.08. The quantitative estimate of drug-likeness (QED) is 0.463. The lowest BCUT2D eigenvalue weighted by Crippen LogP contribution is -2.32. The zero-order valence-electron chi connectivity index (χ0n) is 15.8. The molecule has 2 unspecified atom stereocenters. The lowest BCUT2D eigenvalue weighted by molar-refractivity contribution is -0.143. The van der Waals surface area contributed by atoms with E-state index in [1.54, 1.807) is 6.92 Å². The molecular weight excluding hydrogens is 318 g/mol. The number of carboxylic acids is 1. The van der Waals surface area contributed by atoms with E-state index in [0.717, 1.165) is 36.8 Å². The van der Waals surface area contributed by atoms with Crippen molar-refractivity contribution in [3.8, 4) is 0 Å². The largest absolute Gasteiger partial charge is 0.481 e. The summed E-state index contributed by atoms with van der Waals surface area (Å²) in [6.07, 6.45) is 3.95. The zero-order valence-corrected chi connectivity index (χ0v) is 15.8. The summed E-state index contributed by atoms with van der Waals surface area (Å²) in [5.74, 6) is -0.784. The number of aliphatic carboxylic acids is 1. The molecule has 0 saturated carbocycles. The lowest BCUT2D eigenvalue weighted by Gasteiger charge is -2.26. The number of hydrogen-bond donors (Lipinski definition) is 1. The van der Waals surface area contributed by atoms with Crippen molar-refractivity contribution in [2.45, 2.75) is 57.5 Å². The smallest absolute Gasteiger partial charge is 0.313 e. The fourth-order valence-electron chi connectivity index (χ4n) is 3.08. The van der Waals surface area contributed by atoms with Crippen LogP contribution in [0.3, 0.4) is 0 Å². The van der Waals surface area contributed by atoms with E-state index in [9.17, 15) is 14.7 Å². The van der Waals surface area contributed by atoms with Crippen LogP contribution in [0.25, 0.3) is 0 Å². The summed E-state index contributed by atoms with van der Waals surface area (Å²) in [7, 11) is 3.89. The summed E-state index contributed by atoms with van der Waals surface area (Å²) in [6, 6.07) is 7.74. The van der Waals surface area contributed by atoms with Gasteiger partial charge in [-0.3, -0.25) is 9.59 Å². The van der Waals surface area contributed by atoms with Gasteiger partial charge in [0.25, 0.3) is 6.47 Å². The Morgan fingerprint density at radius 2 is 2.04 bits per heavy atom. The normalized spacial score (nSPS) is 14.8.